The number of rotatable bonds is 4. The fourth-order valence-electron chi connectivity index (χ4n) is 1.80. The van der Waals surface area contributed by atoms with E-state index in [9.17, 15) is 0 Å². The molecule has 1 aromatic heterocycles. The summed E-state index contributed by atoms with van der Waals surface area (Å²) in [5.41, 5.74) is 1.13. The molecular formula is C12H12BrN3O2. The first kappa shape index (κ1) is 11.6. The predicted octanol–water partition coefficient (Wildman–Crippen LogP) is 2.19. The Balaban J connectivity index is 1.66. The largest absolute Gasteiger partial charge is 0.454 e. The van der Waals surface area contributed by atoms with Crippen molar-refractivity contribution < 1.29 is 9.47 Å². The van der Waals surface area contributed by atoms with E-state index in [2.05, 4.69) is 31.2 Å². The number of nitrogens with zero attached hydrogens (tertiary/aromatic N) is 1. The lowest BCUT2D eigenvalue weighted by Gasteiger charge is -2.07. The first-order valence-corrected chi connectivity index (χ1v) is 6.39. The van der Waals surface area contributed by atoms with Crippen molar-refractivity contribution in [3.63, 3.8) is 0 Å². The number of imidazole rings is 1. The van der Waals surface area contributed by atoms with Gasteiger partial charge >= 0.3 is 0 Å². The topological polar surface area (TPSA) is 59.2 Å². The lowest BCUT2D eigenvalue weighted by atomic mass is 10.2. The third-order valence-electron chi connectivity index (χ3n) is 2.70. The van der Waals surface area contributed by atoms with Crippen LogP contribution in [0, 0.1) is 0 Å². The minimum absolute atomic E-state index is 0.297. The number of halogens is 1. The van der Waals surface area contributed by atoms with Crippen molar-refractivity contribution in [3.05, 3.63) is 40.4 Å². The molecule has 18 heavy (non-hydrogen) atoms. The van der Waals surface area contributed by atoms with Gasteiger partial charge in [-0.2, -0.15) is 0 Å². The van der Waals surface area contributed by atoms with Crippen LogP contribution in [0.2, 0.25) is 0 Å². The average Bonchev–Trinajstić information content (AvgIpc) is 3.00. The highest BCUT2D eigenvalue weighted by Crippen LogP contribution is 2.36. The van der Waals surface area contributed by atoms with Crippen LogP contribution in [0.5, 0.6) is 11.5 Å². The number of nitrogens with one attached hydrogen (secondary N) is 2. The Bertz CT molecular complexity index is 543. The van der Waals surface area contributed by atoms with Gasteiger partial charge in [0.1, 0.15) is 5.82 Å². The molecule has 0 bridgehead atoms. The van der Waals surface area contributed by atoms with Gasteiger partial charge in [0.15, 0.2) is 11.5 Å². The van der Waals surface area contributed by atoms with Gasteiger partial charge in [0.25, 0.3) is 0 Å². The van der Waals surface area contributed by atoms with Crippen LogP contribution in [0.1, 0.15) is 11.4 Å². The molecule has 2 N–H and O–H groups in total. The van der Waals surface area contributed by atoms with Crippen LogP contribution in [-0.2, 0) is 13.1 Å². The molecule has 1 aliphatic heterocycles. The number of ether oxygens (including phenoxy) is 2. The molecule has 3 rings (SSSR count). The van der Waals surface area contributed by atoms with Crippen molar-refractivity contribution in [3.8, 4) is 11.5 Å². The molecule has 0 fully saturated rings. The molecular weight excluding hydrogens is 298 g/mol. The maximum absolute atomic E-state index is 5.36. The quantitative estimate of drug-likeness (QED) is 0.909. The SMILES string of the molecule is Brc1cc2c(cc1CNCc1ncc[nH]1)OCO2. The number of hydrogen-bond acceptors (Lipinski definition) is 4. The molecule has 0 aliphatic carbocycles. The molecule has 2 heterocycles. The van der Waals surface area contributed by atoms with Crippen molar-refractivity contribution in [2.24, 2.45) is 0 Å². The van der Waals surface area contributed by atoms with E-state index in [0.29, 0.717) is 13.3 Å². The fraction of sp³-hybridized carbons (Fsp3) is 0.250. The Morgan fingerprint density at radius 1 is 1.28 bits per heavy atom. The highest BCUT2D eigenvalue weighted by molar-refractivity contribution is 9.10. The molecule has 0 amide bonds. The van der Waals surface area contributed by atoms with E-state index < -0.39 is 0 Å². The van der Waals surface area contributed by atoms with E-state index >= 15 is 0 Å². The first-order chi connectivity index (χ1) is 8.83. The second-order valence-corrected chi connectivity index (χ2v) is 4.79. The Hall–Kier alpha value is -1.53. The summed E-state index contributed by atoms with van der Waals surface area (Å²) >= 11 is 3.53. The molecule has 0 radical (unpaired) electrons. The van der Waals surface area contributed by atoms with Crippen LogP contribution >= 0.6 is 15.9 Å². The van der Waals surface area contributed by atoms with Crippen LogP contribution < -0.4 is 14.8 Å². The summed E-state index contributed by atoms with van der Waals surface area (Å²) in [7, 11) is 0. The number of aromatic amines is 1. The van der Waals surface area contributed by atoms with Crippen molar-refractivity contribution in [1.29, 1.82) is 0 Å². The average molecular weight is 310 g/mol. The van der Waals surface area contributed by atoms with E-state index in [1.807, 2.05) is 18.3 Å². The van der Waals surface area contributed by atoms with Gasteiger partial charge in [-0.1, -0.05) is 15.9 Å². The van der Waals surface area contributed by atoms with E-state index in [4.69, 9.17) is 9.47 Å². The first-order valence-electron chi connectivity index (χ1n) is 5.60. The second-order valence-electron chi connectivity index (χ2n) is 3.94. The molecule has 0 unspecified atom stereocenters. The second kappa shape index (κ2) is 4.99. The minimum atomic E-state index is 0.297. The molecule has 0 saturated carbocycles. The minimum Gasteiger partial charge on any atom is -0.454 e. The summed E-state index contributed by atoms with van der Waals surface area (Å²) < 4.78 is 11.7. The third-order valence-corrected chi connectivity index (χ3v) is 3.44. The van der Waals surface area contributed by atoms with E-state index in [1.54, 1.807) is 6.20 Å². The number of benzene rings is 1. The zero-order valence-corrected chi connectivity index (χ0v) is 11.2. The van der Waals surface area contributed by atoms with Crippen LogP contribution in [0.25, 0.3) is 0 Å². The number of H-pyrrole nitrogens is 1. The van der Waals surface area contributed by atoms with Gasteiger partial charge in [-0.15, -0.1) is 0 Å². The molecule has 2 aromatic rings. The fourth-order valence-corrected chi connectivity index (χ4v) is 2.27. The van der Waals surface area contributed by atoms with Crippen LogP contribution in [-0.4, -0.2) is 16.8 Å². The van der Waals surface area contributed by atoms with E-state index in [1.165, 1.54) is 0 Å². The van der Waals surface area contributed by atoms with Crippen LogP contribution in [0.4, 0.5) is 0 Å². The molecule has 0 saturated heterocycles. The van der Waals surface area contributed by atoms with Gasteiger partial charge in [-0.05, 0) is 17.7 Å². The van der Waals surface area contributed by atoms with Crippen molar-refractivity contribution in [2.75, 3.05) is 6.79 Å². The van der Waals surface area contributed by atoms with Gasteiger partial charge in [-0.25, -0.2) is 4.98 Å². The Kier molecular flexibility index (Phi) is 3.21. The monoisotopic (exact) mass is 309 g/mol. The van der Waals surface area contributed by atoms with Gasteiger partial charge < -0.3 is 19.8 Å². The summed E-state index contributed by atoms with van der Waals surface area (Å²) in [5, 5.41) is 3.32. The molecule has 1 aromatic carbocycles. The predicted molar refractivity (Wildman–Crippen MR) is 69.4 cm³/mol. The maximum atomic E-state index is 5.36. The lowest BCUT2D eigenvalue weighted by molar-refractivity contribution is 0.174. The van der Waals surface area contributed by atoms with Gasteiger partial charge in [0.05, 0.1) is 6.54 Å². The van der Waals surface area contributed by atoms with Crippen molar-refractivity contribution in [2.45, 2.75) is 13.1 Å². The summed E-state index contributed by atoms with van der Waals surface area (Å²) in [6.07, 6.45) is 3.56. The third kappa shape index (κ3) is 2.34. The molecule has 0 atom stereocenters. The zero-order valence-electron chi connectivity index (χ0n) is 9.57. The van der Waals surface area contributed by atoms with Crippen LogP contribution in [0.3, 0.4) is 0 Å². The zero-order chi connectivity index (χ0) is 12.4. The number of fused-ring (bicyclic) bond motifs is 1. The standard InChI is InChI=1S/C12H12BrN3O2/c13-9-4-11-10(17-7-18-11)3-8(9)5-14-6-12-15-1-2-16-12/h1-4,14H,5-7H2,(H,15,16). The Labute approximate surface area is 113 Å². The van der Waals surface area contributed by atoms with E-state index in [-0.39, 0.29) is 0 Å². The summed E-state index contributed by atoms with van der Waals surface area (Å²) in [6, 6.07) is 3.92. The normalized spacial score (nSPS) is 12.9. The molecule has 6 heteroatoms. The molecule has 0 spiro atoms. The van der Waals surface area contributed by atoms with Crippen molar-refractivity contribution >= 4 is 15.9 Å². The summed E-state index contributed by atoms with van der Waals surface area (Å²) in [6.45, 7) is 1.73. The molecule has 94 valence electrons. The smallest absolute Gasteiger partial charge is 0.231 e. The van der Waals surface area contributed by atoms with Crippen LogP contribution in [0.15, 0.2) is 29.0 Å². The van der Waals surface area contributed by atoms with Gasteiger partial charge in [0.2, 0.25) is 6.79 Å². The highest BCUT2D eigenvalue weighted by Gasteiger charge is 2.15. The summed E-state index contributed by atoms with van der Waals surface area (Å²) in [5.74, 6) is 2.51. The van der Waals surface area contributed by atoms with Gasteiger partial charge in [-0.3, -0.25) is 0 Å². The Morgan fingerprint density at radius 2 is 2.11 bits per heavy atom. The maximum Gasteiger partial charge on any atom is 0.231 e. The number of hydrogen-bond donors (Lipinski definition) is 2. The van der Waals surface area contributed by atoms with Gasteiger partial charge in [0, 0.05) is 23.4 Å². The van der Waals surface area contributed by atoms with E-state index in [0.717, 1.165) is 33.9 Å². The van der Waals surface area contributed by atoms with Crippen molar-refractivity contribution in [1.82, 2.24) is 15.3 Å². The highest BCUT2D eigenvalue weighted by atomic mass is 79.9. The Morgan fingerprint density at radius 3 is 2.89 bits per heavy atom. The lowest BCUT2D eigenvalue weighted by Crippen LogP contribution is -2.14. The molecule has 1 aliphatic rings. The summed E-state index contributed by atoms with van der Waals surface area (Å²) in [4.78, 5) is 7.20. The number of aromatic nitrogens is 2. The molecule has 5 nitrogen and oxygen atoms in total.